The van der Waals surface area contributed by atoms with Gasteiger partial charge in [-0.1, -0.05) is 91.8 Å². The van der Waals surface area contributed by atoms with E-state index in [0.717, 1.165) is 42.6 Å². The molecule has 3 heteroatoms. The maximum Gasteiger partial charge on any atom is 0.182 e. The molecule has 0 radical (unpaired) electrons. The van der Waals surface area contributed by atoms with Gasteiger partial charge in [-0.05, 0) is 47.3 Å². The van der Waals surface area contributed by atoms with Gasteiger partial charge in [0.15, 0.2) is 5.78 Å². The fourth-order valence-corrected chi connectivity index (χ4v) is 5.22. The molecule has 1 N–H and O–H groups in total. The molecule has 3 rings (SSSR count). The van der Waals surface area contributed by atoms with Crippen molar-refractivity contribution < 1.29 is 9.90 Å². The zero-order valence-corrected chi connectivity index (χ0v) is 22.2. The molecule has 0 saturated carbocycles. The fraction of sp³-hybridized carbons (Fsp3) is 0.516. The summed E-state index contributed by atoms with van der Waals surface area (Å²) in [6.07, 6.45) is 3.24. The van der Waals surface area contributed by atoms with Crippen LogP contribution in [0.4, 0.5) is 0 Å². The summed E-state index contributed by atoms with van der Waals surface area (Å²) in [7, 11) is 0. The van der Waals surface area contributed by atoms with Crippen LogP contribution in [0.5, 0.6) is 5.75 Å². The summed E-state index contributed by atoms with van der Waals surface area (Å²) in [5, 5.41) is 11.0. The standard InChI is InChI=1S/C31H43NO2/c1-9-13-23-19-32(21(2)25(23)16-22-14-11-10-12-15-22)20-28(33)24-17-26(30(3,4)5)29(34)27(18-24)31(6,7)8/h10-12,14-15,17-18,23,25,34H,2,9,13,16,19-20H2,1,3-8H3/t23-,25-/m0/s1. The van der Waals surface area contributed by atoms with Crippen LogP contribution in [-0.4, -0.2) is 28.9 Å². The maximum atomic E-state index is 13.6. The quantitative estimate of drug-likeness (QED) is 0.441. The number of rotatable bonds is 7. The minimum atomic E-state index is -0.259. The molecule has 1 heterocycles. The van der Waals surface area contributed by atoms with Crippen molar-refractivity contribution in [1.82, 2.24) is 4.90 Å². The van der Waals surface area contributed by atoms with Gasteiger partial charge in [-0.3, -0.25) is 4.79 Å². The van der Waals surface area contributed by atoms with Crippen molar-refractivity contribution in [3.63, 3.8) is 0 Å². The van der Waals surface area contributed by atoms with Crippen LogP contribution in [0.15, 0.2) is 54.7 Å². The highest BCUT2D eigenvalue weighted by Gasteiger charge is 2.36. The molecule has 0 aromatic heterocycles. The van der Waals surface area contributed by atoms with Gasteiger partial charge < -0.3 is 10.0 Å². The van der Waals surface area contributed by atoms with Crippen LogP contribution in [0.2, 0.25) is 0 Å². The number of phenols is 1. The number of hydrogen-bond donors (Lipinski definition) is 1. The SMILES string of the molecule is C=C1[C@H](Cc2ccccc2)[C@@H](CCC)CN1CC(=O)c1cc(C(C)(C)C)c(O)c(C(C)(C)C)c1. The van der Waals surface area contributed by atoms with Crippen LogP contribution < -0.4 is 0 Å². The largest absolute Gasteiger partial charge is 0.507 e. The van der Waals surface area contributed by atoms with Gasteiger partial charge in [0.1, 0.15) is 5.75 Å². The highest BCUT2D eigenvalue weighted by Crippen LogP contribution is 2.41. The first kappa shape index (κ1) is 26.1. The normalized spacial score (nSPS) is 19.0. The number of benzene rings is 2. The molecule has 1 fully saturated rings. The molecule has 1 aliphatic heterocycles. The van der Waals surface area contributed by atoms with Crippen LogP contribution in [0.1, 0.15) is 88.4 Å². The molecular weight excluding hydrogens is 418 g/mol. The first-order chi connectivity index (χ1) is 15.8. The Hall–Kier alpha value is -2.55. The maximum absolute atomic E-state index is 13.6. The molecule has 1 aliphatic rings. The zero-order valence-electron chi connectivity index (χ0n) is 22.2. The number of hydrogen-bond acceptors (Lipinski definition) is 3. The van der Waals surface area contributed by atoms with Crippen molar-refractivity contribution in [1.29, 1.82) is 0 Å². The van der Waals surface area contributed by atoms with E-state index < -0.39 is 0 Å². The molecule has 34 heavy (non-hydrogen) atoms. The van der Waals surface area contributed by atoms with Crippen LogP contribution in [0.25, 0.3) is 0 Å². The molecule has 1 saturated heterocycles. The average Bonchev–Trinajstić information content (AvgIpc) is 3.02. The van der Waals surface area contributed by atoms with E-state index in [4.69, 9.17) is 0 Å². The Morgan fingerprint density at radius 3 is 2.09 bits per heavy atom. The third-order valence-electron chi connectivity index (χ3n) is 7.20. The minimum Gasteiger partial charge on any atom is -0.507 e. The third kappa shape index (κ3) is 5.74. The summed E-state index contributed by atoms with van der Waals surface area (Å²) in [5.74, 6) is 1.28. The van der Waals surface area contributed by atoms with E-state index in [1.54, 1.807) is 0 Å². The van der Waals surface area contributed by atoms with E-state index in [0.29, 0.717) is 29.7 Å². The second-order valence-electron chi connectivity index (χ2n) is 12.1. The molecule has 0 aliphatic carbocycles. The predicted molar refractivity (Wildman–Crippen MR) is 143 cm³/mol. The van der Waals surface area contributed by atoms with E-state index in [1.807, 2.05) is 12.1 Å². The number of Topliss-reactive ketones (excluding diaryl/α,β-unsaturated/α-hetero) is 1. The second-order valence-corrected chi connectivity index (χ2v) is 12.1. The topological polar surface area (TPSA) is 40.5 Å². The summed E-state index contributed by atoms with van der Waals surface area (Å²) < 4.78 is 0. The molecule has 184 valence electrons. The van der Waals surface area contributed by atoms with Gasteiger partial charge in [0.05, 0.1) is 6.54 Å². The molecule has 2 aromatic carbocycles. The lowest BCUT2D eigenvalue weighted by Gasteiger charge is -2.28. The lowest BCUT2D eigenvalue weighted by atomic mass is 9.78. The summed E-state index contributed by atoms with van der Waals surface area (Å²) >= 11 is 0. The summed E-state index contributed by atoms with van der Waals surface area (Å²) in [5.41, 5.74) is 4.23. The molecule has 0 spiro atoms. The molecular formula is C31H43NO2. The van der Waals surface area contributed by atoms with Gasteiger partial charge in [0.25, 0.3) is 0 Å². The van der Waals surface area contributed by atoms with E-state index in [2.05, 4.69) is 90.3 Å². The number of likely N-dealkylation sites (tertiary alicyclic amines) is 1. The van der Waals surface area contributed by atoms with Gasteiger partial charge in [-0.2, -0.15) is 0 Å². The Morgan fingerprint density at radius 1 is 1.03 bits per heavy atom. The van der Waals surface area contributed by atoms with Crippen molar-refractivity contribution in [3.05, 3.63) is 77.0 Å². The number of phenolic OH excluding ortho intramolecular Hbond substituents is 1. The van der Waals surface area contributed by atoms with Crippen molar-refractivity contribution in [2.75, 3.05) is 13.1 Å². The van der Waals surface area contributed by atoms with Gasteiger partial charge >= 0.3 is 0 Å². The Morgan fingerprint density at radius 2 is 1.59 bits per heavy atom. The monoisotopic (exact) mass is 461 g/mol. The number of allylic oxidation sites excluding steroid dienone is 1. The smallest absolute Gasteiger partial charge is 0.182 e. The fourth-order valence-electron chi connectivity index (χ4n) is 5.22. The first-order valence-corrected chi connectivity index (χ1v) is 12.7. The Bertz CT molecular complexity index is 989. The number of ketones is 1. The number of carbonyl (C=O) groups is 1. The lowest BCUT2D eigenvalue weighted by Crippen LogP contribution is -2.27. The van der Waals surface area contributed by atoms with Gasteiger partial charge in [0.2, 0.25) is 0 Å². The van der Waals surface area contributed by atoms with Crippen LogP contribution >= 0.6 is 0 Å². The number of carbonyl (C=O) groups excluding carboxylic acids is 1. The van der Waals surface area contributed by atoms with Crippen molar-refractivity contribution in [3.8, 4) is 5.75 Å². The van der Waals surface area contributed by atoms with Crippen molar-refractivity contribution in [2.45, 2.75) is 78.6 Å². The van der Waals surface area contributed by atoms with Crippen molar-refractivity contribution in [2.24, 2.45) is 11.8 Å². The molecule has 0 unspecified atom stereocenters. The van der Waals surface area contributed by atoms with E-state index in [9.17, 15) is 9.90 Å². The summed E-state index contributed by atoms with van der Waals surface area (Å²) in [4.78, 5) is 15.8. The lowest BCUT2D eigenvalue weighted by molar-refractivity contribution is 0.0953. The summed E-state index contributed by atoms with van der Waals surface area (Å²) in [6, 6.07) is 14.4. The predicted octanol–water partition coefficient (Wildman–Crippen LogP) is 7.27. The van der Waals surface area contributed by atoms with Crippen molar-refractivity contribution >= 4 is 5.78 Å². The van der Waals surface area contributed by atoms with Gasteiger partial charge in [0, 0.05) is 34.9 Å². The third-order valence-corrected chi connectivity index (χ3v) is 7.20. The minimum absolute atomic E-state index is 0.0905. The second kappa shape index (κ2) is 9.98. The van der Waals surface area contributed by atoms with Gasteiger partial charge in [-0.15, -0.1) is 0 Å². The Labute approximate surface area is 206 Å². The number of nitrogens with zero attached hydrogens (tertiary/aromatic N) is 1. The van der Waals surface area contributed by atoms with Crippen LogP contribution in [0.3, 0.4) is 0 Å². The Kier molecular flexibility index (Phi) is 7.65. The molecule has 3 nitrogen and oxygen atoms in total. The van der Waals surface area contributed by atoms with Crippen LogP contribution in [-0.2, 0) is 17.3 Å². The van der Waals surface area contributed by atoms with Gasteiger partial charge in [-0.25, -0.2) is 0 Å². The first-order valence-electron chi connectivity index (χ1n) is 12.7. The molecule has 0 bridgehead atoms. The van der Waals surface area contributed by atoms with Crippen LogP contribution in [0, 0.1) is 11.8 Å². The highest BCUT2D eigenvalue weighted by atomic mass is 16.3. The Balaban J connectivity index is 1.88. The molecule has 2 aromatic rings. The summed E-state index contributed by atoms with van der Waals surface area (Å²) in [6.45, 7) is 20.4. The van der Waals surface area contributed by atoms with E-state index in [1.165, 1.54) is 5.56 Å². The zero-order chi connectivity index (χ0) is 25.3. The molecule has 0 amide bonds. The highest BCUT2D eigenvalue weighted by molar-refractivity contribution is 5.98. The van der Waals surface area contributed by atoms with E-state index >= 15 is 0 Å². The number of aromatic hydroxyl groups is 1. The average molecular weight is 462 g/mol. The molecule has 2 atom stereocenters. The van der Waals surface area contributed by atoms with E-state index in [-0.39, 0.29) is 16.6 Å².